The van der Waals surface area contributed by atoms with Gasteiger partial charge in [0.2, 0.25) is 0 Å². The summed E-state index contributed by atoms with van der Waals surface area (Å²) in [5.41, 5.74) is 11.5. The number of hydrogen-bond acceptors (Lipinski definition) is 2. The molecule has 0 aliphatic carbocycles. The summed E-state index contributed by atoms with van der Waals surface area (Å²) in [6.45, 7) is 7.24. The zero-order chi connectivity index (χ0) is 8.20. The molecule has 0 fully saturated rings. The van der Waals surface area contributed by atoms with Crippen molar-refractivity contribution >= 4 is 0 Å². The first-order chi connectivity index (χ1) is 4.48. The van der Waals surface area contributed by atoms with E-state index in [1.165, 1.54) is 0 Å². The minimum atomic E-state index is 0.231. The van der Waals surface area contributed by atoms with Crippen LogP contribution in [0.1, 0.15) is 33.6 Å². The highest BCUT2D eigenvalue weighted by atomic mass is 14.7. The lowest BCUT2D eigenvalue weighted by molar-refractivity contribution is 0.302. The Labute approximate surface area is 64.0 Å². The predicted molar refractivity (Wildman–Crippen MR) is 45.7 cm³/mol. The van der Waals surface area contributed by atoms with Crippen LogP contribution in [0, 0.1) is 5.41 Å². The molecule has 2 heteroatoms. The van der Waals surface area contributed by atoms with Crippen LogP contribution in [-0.2, 0) is 0 Å². The van der Waals surface area contributed by atoms with Gasteiger partial charge in [0.25, 0.3) is 0 Å². The summed E-state index contributed by atoms with van der Waals surface area (Å²) in [7, 11) is 0. The van der Waals surface area contributed by atoms with Crippen molar-refractivity contribution in [1.82, 2.24) is 0 Å². The molecule has 0 aliphatic heterocycles. The first-order valence-electron chi connectivity index (χ1n) is 3.94. The van der Waals surface area contributed by atoms with Gasteiger partial charge in [0.1, 0.15) is 0 Å². The van der Waals surface area contributed by atoms with Crippen molar-refractivity contribution in [3.05, 3.63) is 0 Å². The highest BCUT2D eigenvalue weighted by Crippen LogP contribution is 2.20. The summed E-state index contributed by atoms with van der Waals surface area (Å²) < 4.78 is 0. The van der Waals surface area contributed by atoms with Gasteiger partial charge in [-0.3, -0.25) is 0 Å². The van der Waals surface area contributed by atoms with Crippen LogP contribution in [-0.4, -0.2) is 12.6 Å². The molecular formula is C8H20N2. The van der Waals surface area contributed by atoms with E-state index in [0.29, 0.717) is 0 Å². The lowest BCUT2D eigenvalue weighted by Crippen LogP contribution is -2.35. The summed E-state index contributed by atoms with van der Waals surface area (Å²) in [4.78, 5) is 0. The van der Waals surface area contributed by atoms with Crippen molar-refractivity contribution < 1.29 is 0 Å². The Bertz CT molecular complexity index is 83.7. The molecule has 0 aromatic rings. The molecule has 2 nitrogen and oxygen atoms in total. The molecule has 0 bridgehead atoms. The summed E-state index contributed by atoms with van der Waals surface area (Å²) in [6, 6.07) is 0.288. The molecule has 0 radical (unpaired) electrons. The second kappa shape index (κ2) is 3.94. The Morgan fingerprint density at radius 3 is 2.10 bits per heavy atom. The van der Waals surface area contributed by atoms with Gasteiger partial charge in [-0.25, -0.2) is 0 Å². The summed E-state index contributed by atoms with van der Waals surface area (Å²) in [5.74, 6) is 0. The number of hydrogen-bond donors (Lipinski definition) is 2. The largest absolute Gasteiger partial charge is 0.330 e. The Hall–Kier alpha value is -0.0800. The van der Waals surface area contributed by atoms with Gasteiger partial charge in [-0.1, -0.05) is 20.8 Å². The molecule has 0 aromatic carbocycles. The summed E-state index contributed by atoms with van der Waals surface area (Å²) in [6.07, 6.45) is 2.08. The third kappa shape index (κ3) is 3.85. The maximum atomic E-state index is 5.88. The molecule has 0 aliphatic rings. The van der Waals surface area contributed by atoms with Gasteiger partial charge in [-0.05, 0) is 24.8 Å². The van der Waals surface area contributed by atoms with E-state index in [4.69, 9.17) is 11.5 Å². The van der Waals surface area contributed by atoms with E-state index < -0.39 is 0 Å². The first-order valence-corrected chi connectivity index (χ1v) is 3.94. The van der Waals surface area contributed by atoms with E-state index in [1.807, 2.05) is 0 Å². The Balaban J connectivity index is 3.52. The third-order valence-electron chi connectivity index (χ3n) is 1.83. The number of rotatable bonds is 3. The van der Waals surface area contributed by atoms with Crippen molar-refractivity contribution in [2.75, 3.05) is 6.54 Å². The van der Waals surface area contributed by atoms with Crippen molar-refractivity contribution in [3.8, 4) is 0 Å². The molecule has 0 amide bonds. The van der Waals surface area contributed by atoms with Crippen LogP contribution in [0.3, 0.4) is 0 Å². The smallest absolute Gasteiger partial charge is 0.00881 e. The molecule has 62 valence electrons. The molecule has 4 N–H and O–H groups in total. The fourth-order valence-electron chi connectivity index (χ4n) is 0.771. The molecular weight excluding hydrogens is 124 g/mol. The Kier molecular flexibility index (Phi) is 3.91. The van der Waals surface area contributed by atoms with E-state index >= 15 is 0 Å². The van der Waals surface area contributed by atoms with Crippen LogP contribution in [0.25, 0.3) is 0 Å². The average molecular weight is 144 g/mol. The fourth-order valence-corrected chi connectivity index (χ4v) is 0.771. The van der Waals surface area contributed by atoms with Crippen LogP contribution in [0.4, 0.5) is 0 Å². The van der Waals surface area contributed by atoms with Crippen LogP contribution in [0.5, 0.6) is 0 Å². The van der Waals surface area contributed by atoms with Crippen molar-refractivity contribution in [3.63, 3.8) is 0 Å². The summed E-state index contributed by atoms with van der Waals surface area (Å²) >= 11 is 0. The maximum absolute atomic E-state index is 5.88. The van der Waals surface area contributed by atoms with E-state index in [-0.39, 0.29) is 11.5 Å². The maximum Gasteiger partial charge on any atom is 0.00881 e. The molecule has 1 unspecified atom stereocenters. The molecule has 0 rings (SSSR count). The monoisotopic (exact) mass is 144 g/mol. The minimum Gasteiger partial charge on any atom is -0.330 e. The van der Waals surface area contributed by atoms with Crippen LogP contribution < -0.4 is 11.5 Å². The zero-order valence-electron chi connectivity index (χ0n) is 7.35. The van der Waals surface area contributed by atoms with Crippen LogP contribution in [0.2, 0.25) is 0 Å². The van der Waals surface area contributed by atoms with E-state index in [0.717, 1.165) is 19.4 Å². The molecule has 0 saturated heterocycles. The van der Waals surface area contributed by atoms with Gasteiger partial charge in [0.15, 0.2) is 0 Å². The number of nitrogens with two attached hydrogens (primary N) is 2. The van der Waals surface area contributed by atoms with E-state index in [9.17, 15) is 0 Å². The van der Waals surface area contributed by atoms with Gasteiger partial charge in [-0.2, -0.15) is 0 Å². The predicted octanol–water partition coefficient (Wildman–Crippen LogP) is 1.10. The minimum absolute atomic E-state index is 0.231. The Morgan fingerprint density at radius 2 is 1.80 bits per heavy atom. The van der Waals surface area contributed by atoms with Gasteiger partial charge in [0, 0.05) is 6.04 Å². The topological polar surface area (TPSA) is 52.0 Å². The molecule has 10 heavy (non-hydrogen) atoms. The molecule has 0 saturated carbocycles. The highest BCUT2D eigenvalue weighted by Gasteiger charge is 2.19. The lowest BCUT2D eigenvalue weighted by atomic mass is 9.85. The molecule has 0 aromatic heterocycles. The van der Waals surface area contributed by atoms with Gasteiger partial charge < -0.3 is 11.5 Å². The van der Waals surface area contributed by atoms with Gasteiger partial charge >= 0.3 is 0 Å². The Morgan fingerprint density at radius 1 is 1.30 bits per heavy atom. The second-order valence-corrected chi connectivity index (χ2v) is 3.90. The second-order valence-electron chi connectivity index (χ2n) is 3.90. The van der Waals surface area contributed by atoms with Crippen LogP contribution >= 0.6 is 0 Å². The molecule has 0 heterocycles. The first kappa shape index (κ1) is 9.92. The fraction of sp³-hybridized carbons (Fsp3) is 1.00. The molecule has 0 spiro atoms. The highest BCUT2D eigenvalue weighted by molar-refractivity contribution is 4.76. The zero-order valence-corrected chi connectivity index (χ0v) is 7.35. The quantitative estimate of drug-likeness (QED) is 0.623. The standard InChI is InChI=1S/C8H20N2/c1-8(2,3)7(10)5-4-6-9/h7H,4-6,9-10H2,1-3H3. The summed E-state index contributed by atoms with van der Waals surface area (Å²) in [5, 5.41) is 0. The van der Waals surface area contributed by atoms with Crippen molar-refractivity contribution in [2.45, 2.75) is 39.7 Å². The van der Waals surface area contributed by atoms with Gasteiger partial charge in [-0.15, -0.1) is 0 Å². The van der Waals surface area contributed by atoms with E-state index in [2.05, 4.69) is 20.8 Å². The average Bonchev–Trinajstić information content (AvgIpc) is 1.80. The normalized spacial score (nSPS) is 15.3. The lowest BCUT2D eigenvalue weighted by Gasteiger charge is -2.26. The third-order valence-corrected chi connectivity index (χ3v) is 1.83. The SMILES string of the molecule is CC(C)(C)C(N)CCCN. The van der Waals surface area contributed by atoms with Gasteiger partial charge in [0.05, 0.1) is 0 Å². The van der Waals surface area contributed by atoms with Crippen LogP contribution in [0.15, 0.2) is 0 Å². The molecule has 1 atom stereocenters. The van der Waals surface area contributed by atoms with Crippen molar-refractivity contribution in [1.29, 1.82) is 0 Å². The van der Waals surface area contributed by atoms with Crippen molar-refractivity contribution in [2.24, 2.45) is 16.9 Å². The van der Waals surface area contributed by atoms with E-state index in [1.54, 1.807) is 0 Å².